The molecule has 0 radical (unpaired) electrons. The highest BCUT2D eigenvalue weighted by atomic mass is 15.1. The molecule has 0 amide bonds. The second-order valence-corrected chi connectivity index (χ2v) is 5.66. The zero-order valence-corrected chi connectivity index (χ0v) is 10.1. The fourth-order valence-electron chi connectivity index (χ4n) is 2.30. The second kappa shape index (κ2) is 5.13. The van der Waals surface area contributed by atoms with Crippen molar-refractivity contribution in [3.05, 3.63) is 0 Å². The van der Waals surface area contributed by atoms with Gasteiger partial charge in [-0.2, -0.15) is 0 Å². The largest absolute Gasteiger partial charge is 0.330 e. The smallest absolute Gasteiger partial charge is 0.00332 e. The predicted molar refractivity (Wildman–Crippen MR) is 62.3 cm³/mol. The molecule has 0 aromatic carbocycles. The van der Waals surface area contributed by atoms with Gasteiger partial charge in [-0.1, -0.05) is 20.8 Å². The van der Waals surface area contributed by atoms with E-state index in [9.17, 15) is 0 Å². The first-order chi connectivity index (χ1) is 6.53. The van der Waals surface area contributed by atoms with Crippen molar-refractivity contribution in [1.29, 1.82) is 0 Å². The number of likely N-dealkylation sites (tertiary alicyclic amines) is 1. The van der Waals surface area contributed by atoms with Crippen LogP contribution in [0, 0.1) is 11.3 Å². The number of nitrogens with zero attached hydrogens (tertiary/aromatic N) is 1. The number of hydrogen-bond acceptors (Lipinski definition) is 2. The summed E-state index contributed by atoms with van der Waals surface area (Å²) < 4.78 is 0. The maximum Gasteiger partial charge on any atom is 0.00332 e. The molecule has 2 heteroatoms. The van der Waals surface area contributed by atoms with E-state index in [1.165, 1.54) is 32.5 Å². The summed E-state index contributed by atoms with van der Waals surface area (Å²) in [5.74, 6) is 0.934. The molecule has 1 saturated heterocycles. The van der Waals surface area contributed by atoms with E-state index in [2.05, 4.69) is 25.7 Å². The third-order valence-electron chi connectivity index (χ3n) is 3.35. The van der Waals surface area contributed by atoms with Crippen LogP contribution < -0.4 is 5.73 Å². The molecule has 0 bridgehead atoms. The van der Waals surface area contributed by atoms with Gasteiger partial charge in [-0.15, -0.1) is 0 Å². The average molecular weight is 198 g/mol. The lowest BCUT2D eigenvalue weighted by molar-refractivity contribution is 0.128. The van der Waals surface area contributed by atoms with Crippen molar-refractivity contribution >= 4 is 0 Å². The van der Waals surface area contributed by atoms with Crippen molar-refractivity contribution in [3.63, 3.8) is 0 Å². The van der Waals surface area contributed by atoms with Crippen molar-refractivity contribution in [2.24, 2.45) is 17.1 Å². The van der Waals surface area contributed by atoms with E-state index < -0.39 is 0 Å². The van der Waals surface area contributed by atoms with E-state index in [1.807, 2.05) is 0 Å². The van der Waals surface area contributed by atoms with Gasteiger partial charge in [-0.25, -0.2) is 0 Å². The summed E-state index contributed by atoms with van der Waals surface area (Å²) in [5, 5.41) is 0. The van der Waals surface area contributed by atoms with Gasteiger partial charge in [0.2, 0.25) is 0 Å². The minimum Gasteiger partial charge on any atom is -0.330 e. The normalized spacial score (nSPS) is 21.4. The van der Waals surface area contributed by atoms with E-state index in [1.54, 1.807) is 0 Å². The van der Waals surface area contributed by atoms with Crippen LogP contribution >= 0.6 is 0 Å². The zero-order valence-electron chi connectivity index (χ0n) is 10.1. The van der Waals surface area contributed by atoms with Crippen molar-refractivity contribution < 1.29 is 0 Å². The highest BCUT2D eigenvalue weighted by molar-refractivity contribution is 4.77. The Kier molecular flexibility index (Phi) is 4.39. The van der Waals surface area contributed by atoms with Crippen LogP contribution in [0.1, 0.15) is 40.0 Å². The molecule has 0 aromatic rings. The maximum atomic E-state index is 5.62. The molecular weight excluding hydrogens is 172 g/mol. The van der Waals surface area contributed by atoms with Gasteiger partial charge in [0.05, 0.1) is 0 Å². The van der Waals surface area contributed by atoms with Crippen LogP contribution in [0.15, 0.2) is 0 Å². The fraction of sp³-hybridized carbons (Fsp3) is 1.00. The molecule has 2 nitrogen and oxygen atoms in total. The molecule has 0 saturated carbocycles. The predicted octanol–water partition coefficient (Wildman–Crippen LogP) is 2.09. The Morgan fingerprint density at radius 3 is 2.36 bits per heavy atom. The molecule has 1 aliphatic rings. The van der Waals surface area contributed by atoms with Gasteiger partial charge in [0.15, 0.2) is 0 Å². The van der Waals surface area contributed by atoms with Gasteiger partial charge in [-0.05, 0) is 50.2 Å². The minimum absolute atomic E-state index is 0.398. The highest BCUT2D eigenvalue weighted by Crippen LogP contribution is 2.24. The average Bonchev–Trinajstić information content (AvgIpc) is 2.08. The Balaban J connectivity index is 2.29. The van der Waals surface area contributed by atoms with Crippen LogP contribution in [0.3, 0.4) is 0 Å². The third kappa shape index (κ3) is 3.97. The van der Waals surface area contributed by atoms with Gasteiger partial charge < -0.3 is 10.6 Å². The van der Waals surface area contributed by atoms with Crippen molar-refractivity contribution in [1.82, 2.24) is 4.90 Å². The lowest BCUT2D eigenvalue weighted by Crippen LogP contribution is -2.40. The molecule has 1 heterocycles. The van der Waals surface area contributed by atoms with Gasteiger partial charge in [0.1, 0.15) is 0 Å². The first-order valence-corrected chi connectivity index (χ1v) is 5.96. The van der Waals surface area contributed by atoms with Crippen molar-refractivity contribution in [2.45, 2.75) is 40.0 Å². The molecule has 2 N–H and O–H groups in total. The standard InChI is InChI=1S/C12H26N2/c1-11-4-8-14(9-5-11)10-12(2,3)6-7-13/h11H,4-10,13H2,1-3H3. The molecular formula is C12H26N2. The molecule has 0 atom stereocenters. The van der Waals surface area contributed by atoms with Crippen LogP contribution in [-0.4, -0.2) is 31.1 Å². The summed E-state index contributed by atoms with van der Waals surface area (Å²) >= 11 is 0. The topological polar surface area (TPSA) is 29.3 Å². The van der Waals surface area contributed by atoms with Crippen LogP contribution in [0.5, 0.6) is 0 Å². The molecule has 14 heavy (non-hydrogen) atoms. The Bertz CT molecular complexity index is 158. The van der Waals surface area contributed by atoms with Crippen LogP contribution in [0.2, 0.25) is 0 Å². The molecule has 0 aliphatic carbocycles. The van der Waals surface area contributed by atoms with E-state index in [-0.39, 0.29) is 0 Å². The van der Waals surface area contributed by atoms with Crippen LogP contribution in [0.4, 0.5) is 0 Å². The lowest BCUT2D eigenvalue weighted by Gasteiger charge is -2.36. The summed E-state index contributed by atoms with van der Waals surface area (Å²) in [7, 11) is 0. The Morgan fingerprint density at radius 2 is 1.86 bits per heavy atom. The Hall–Kier alpha value is -0.0800. The summed E-state index contributed by atoms with van der Waals surface area (Å²) in [6, 6.07) is 0. The molecule has 0 aromatic heterocycles. The Labute approximate surface area is 88.8 Å². The highest BCUT2D eigenvalue weighted by Gasteiger charge is 2.23. The molecule has 1 fully saturated rings. The molecule has 1 aliphatic heterocycles. The van der Waals surface area contributed by atoms with Crippen molar-refractivity contribution in [3.8, 4) is 0 Å². The summed E-state index contributed by atoms with van der Waals surface area (Å²) in [6.07, 6.45) is 3.89. The number of hydrogen-bond donors (Lipinski definition) is 1. The first-order valence-electron chi connectivity index (χ1n) is 5.96. The number of nitrogens with two attached hydrogens (primary N) is 1. The summed E-state index contributed by atoms with van der Waals surface area (Å²) in [5.41, 5.74) is 6.02. The molecule has 84 valence electrons. The van der Waals surface area contributed by atoms with E-state index in [0.717, 1.165) is 18.9 Å². The third-order valence-corrected chi connectivity index (χ3v) is 3.35. The number of piperidine rings is 1. The van der Waals surface area contributed by atoms with Gasteiger partial charge in [0, 0.05) is 6.54 Å². The fourth-order valence-corrected chi connectivity index (χ4v) is 2.30. The quantitative estimate of drug-likeness (QED) is 0.749. The van der Waals surface area contributed by atoms with Crippen LogP contribution in [-0.2, 0) is 0 Å². The molecule has 0 unspecified atom stereocenters. The van der Waals surface area contributed by atoms with Crippen molar-refractivity contribution in [2.75, 3.05) is 26.2 Å². The lowest BCUT2D eigenvalue weighted by atomic mass is 9.87. The molecule has 0 spiro atoms. The van der Waals surface area contributed by atoms with E-state index in [4.69, 9.17) is 5.73 Å². The maximum absolute atomic E-state index is 5.62. The minimum atomic E-state index is 0.398. The van der Waals surface area contributed by atoms with E-state index >= 15 is 0 Å². The van der Waals surface area contributed by atoms with Gasteiger partial charge in [0.25, 0.3) is 0 Å². The summed E-state index contributed by atoms with van der Waals surface area (Å²) in [6.45, 7) is 11.6. The number of rotatable bonds is 4. The van der Waals surface area contributed by atoms with Gasteiger partial charge in [-0.3, -0.25) is 0 Å². The first kappa shape index (κ1) is 12.0. The summed E-state index contributed by atoms with van der Waals surface area (Å²) in [4.78, 5) is 2.61. The SMILES string of the molecule is CC1CCN(CC(C)(C)CCN)CC1. The second-order valence-electron chi connectivity index (χ2n) is 5.66. The zero-order chi connectivity index (χ0) is 10.6. The monoisotopic (exact) mass is 198 g/mol. The Morgan fingerprint density at radius 1 is 1.29 bits per heavy atom. The van der Waals surface area contributed by atoms with E-state index in [0.29, 0.717) is 5.41 Å². The molecule has 1 rings (SSSR count). The van der Waals surface area contributed by atoms with Gasteiger partial charge >= 0.3 is 0 Å². The van der Waals surface area contributed by atoms with Crippen LogP contribution in [0.25, 0.3) is 0 Å².